The maximum absolute atomic E-state index is 5.60. The lowest BCUT2D eigenvalue weighted by atomic mass is 10.0. The Kier molecular flexibility index (Phi) is 5.46. The molecule has 2 aromatic heterocycles. The zero-order chi connectivity index (χ0) is 20.2. The zero-order valence-electron chi connectivity index (χ0n) is 16.8. The number of aryl methyl sites for hydroxylation is 2. The molecule has 1 fully saturated rings. The van der Waals surface area contributed by atoms with Gasteiger partial charge in [-0.2, -0.15) is 0 Å². The summed E-state index contributed by atoms with van der Waals surface area (Å²) in [4.78, 5) is 6.87. The van der Waals surface area contributed by atoms with Crippen LogP contribution in [0.3, 0.4) is 0 Å². The number of hydrogen-bond donors (Lipinski definition) is 0. The van der Waals surface area contributed by atoms with E-state index in [0.717, 1.165) is 56.0 Å². The standard InChI is InChI=1S/C23H24N6O/c1-2-5-18(6-3-1)10-12-29-23(25-26-27-29)22(28-13-15-30-16-14-28)20-8-9-21-19(17-20)7-4-11-24-21/h1-9,11,17,22H,10,12-16H2. The summed E-state index contributed by atoms with van der Waals surface area (Å²) in [6, 6.07) is 20.9. The van der Waals surface area contributed by atoms with E-state index in [1.165, 1.54) is 11.1 Å². The van der Waals surface area contributed by atoms with Gasteiger partial charge in [-0.1, -0.05) is 42.5 Å². The van der Waals surface area contributed by atoms with E-state index in [1.807, 2.05) is 23.0 Å². The molecule has 7 heteroatoms. The van der Waals surface area contributed by atoms with Crippen molar-refractivity contribution in [2.45, 2.75) is 19.0 Å². The van der Waals surface area contributed by atoms with Gasteiger partial charge >= 0.3 is 0 Å². The predicted molar refractivity (Wildman–Crippen MR) is 114 cm³/mol. The van der Waals surface area contributed by atoms with Gasteiger partial charge in [-0.05, 0) is 46.2 Å². The van der Waals surface area contributed by atoms with E-state index in [1.54, 1.807) is 0 Å². The Labute approximate surface area is 175 Å². The Hall–Kier alpha value is -3.16. The maximum Gasteiger partial charge on any atom is 0.173 e. The molecule has 1 aliphatic rings. The average Bonchev–Trinajstić information content (AvgIpc) is 3.27. The molecular weight excluding hydrogens is 376 g/mol. The first-order chi connectivity index (χ1) is 14.9. The highest BCUT2D eigenvalue weighted by Gasteiger charge is 2.29. The van der Waals surface area contributed by atoms with Crippen molar-refractivity contribution in [3.05, 3.63) is 83.8 Å². The third-order valence-electron chi connectivity index (χ3n) is 5.61. The van der Waals surface area contributed by atoms with E-state index in [0.29, 0.717) is 0 Å². The SMILES string of the molecule is c1ccc(CCn2nnnc2C(c2ccc3ncccc3c2)N2CCOCC2)cc1. The minimum absolute atomic E-state index is 0.0238. The molecular formula is C23H24N6O. The molecule has 1 atom stereocenters. The number of benzene rings is 2. The molecule has 2 aromatic carbocycles. The molecule has 0 radical (unpaired) electrons. The second-order valence-corrected chi connectivity index (χ2v) is 7.50. The summed E-state index contributed by atoms with van der Waals surface area (Å²) in [6.07, 6.45) is 2.71. The largest absolute Gasteiger partial charge is 0.379 e. The minimum Gasteiger partial charge on any atom is -0.379 e. The summed E-state index contributed by atoms with van der Waals surface area (Å²) in [5.41, 5.74) is 3.44. The number of rotatable bonds is 6. The molecule has 0 spiro atoms. The summed E-state index contributed by atoms with van der Waals surface area (Å²) in [6.45, 7) is 3.87. The van der Waals surface area contributed by atoms with Crippen molar-refractivity contribution in [1.82, 2.24) is 30.1 Å². The summed E-state index contributed by atoms with van der Waals surface area (Å²) >= 11 is 0. The Balaban J connectivity index is 1.50. The molecule has 4 aromatic rings. The second-order valence-electron chi connectivity index (χ2n) is 7.50. The van der Waals surface area contributed by atoms with Crippen molar-refractivity contribution in [1.29, 1.82) is 0 Å². The topological polar surface area (TPSA) is 69.0 Å². The van der Waals surface area contributed by atoms with Gasteiger partial charge in [-0.25, -0.2) is 4.68 Å². The number of nitrogens with zero attached hydrogens (tertiary/aromatic N) is 6. The van der Waals surface area contributed by atoms with Crippen LogP contribution >= 0.6 is 0 Å². The monoisotopic (exact) mass is 400 g/mol. The zero-order valence-corrected chi connectivity index (χ0v) is 16.8. The Bertz CT molecular complexity index is 1110. The van der Waals surface area contributed by atoms with E-state index in [4.69, 9.17) is 4.74 Å². The Morgan fingerprint density at radius 3 is 2.70 bits per heavy atom. The highest BCUT2D eigenvalue weighted by molar-refractivity contribution is 5.79. The fraction of sp³-hybridized carbons (Fsp3) is 0.304. The highest BCUT2D eigenvalue weighted by atomic mass is 16.5. The number of aromatic nitrogens is 5. The van der Waals surface area contributed by atoms with Crippen molar-refractivity contribution in [2.24, 2.45) is 0 Å². The van der Waals surface area contributed by atoms with Gasteiger partial charge in [0, 0.05) is 31.2 Å². The van der Waals surface area contributed by atoms with Crippen LogP contribution in [-0.4, -0.2) is 56.4 Å². The molecule has 1 unspecified atom stereocenters. The molecule has 7 nitrogen and oxygen atoms in total. The summed E-state index contributed by atoms with van der Waals surface area (Å²) in [5.74, 6) is 0.871. The fourth-order valence-electron chi connectivity index (χ4n) is 4.07. The van der Waals surface area contributed by atoms with Gasteiger partial charge < -0.3 is 4.74 Å². The number of tetrazole rings is 1. The second kappa shape index (κ2) is 8.69. The lowest BCUT2D eigenvalue weighted by Crippen LogP contribution is -2.40. The molecule has 0 bridgehead atoms. The van der Waals surface area contributed by atoms with Gasteiger partial charge in [0.2, 0.25) is 0 Å². The molecule has 152 valence electrons. The molecule has 5 rings (SSSR count). The third kappa shape index (κ3) is 3.94. The number of pyridine rings is 1. The van der Waals surface area contributed by atoms with Gasteiger partial charge in [0.15, 0.2) is 5.82 Å². The van der Waals surface area contributed by atoms with Crippen LogP contribution < -0.4 is 0 Å². The first-order valence-electron chi connectivity index (χ1n) is 10.3. The van der Waals surface area contributed by atoms with Crippen LogP contribution in [0, 0.1) is 0 Å². The van der Waals surface area contributed by atoms with Crippen LogP contribution in [0.5, 0.6) is 0 Å². The Morgan fingerprint density at radius 2 is 1.83 bits per heavy atom. The lowest BCUT2D eigenvalue weighted by Gasteiger charge is -2.34. The third-order valence-corrected chi connectivity index (χ3v) is 5.61. The van der Waals surface area contributed by atoms with Gasteiger partial charge in [-0.3, -0.25) is 9.88 Å². The molecule has 0 saturated carbocycles. The van der Waals surface area contributed by atoms with Crippen molar-refractivity contribution >= 4 is 10.9 Å². The quantitative estimate of drug-likeness (QED) is 0.496. The molecule has 0 N–H and O–H groups in total. The van der Waals surface area contributed by atoms with E-state index in [2.05, 4.69) is 73.9 Å². The van der Waals surface area contributed by atoms with Crippen LogP contribution in [0.25, 0.3) is 10.9 Å². The first kappa shape index (κ1) is 18.8. The average molecular weight is 400 g/mol. The van der Waals surface area contributed by atoms with Crippen molar-refractivity contribution < 1.29 is 4.74 Å². The van der Waals surface area contributed by atoms with Crippen molar-refractivity contribution in [3.8, 4) is 0 Å². The normalized spacial score (nSPS) is 16.0. The van der Waals surface area contributed by atoms with E-state index < -0.39 is 0 Å². The lowest BCUT2D eigenvalue weighted by molar-refractivity contribution is 0.0216. The highest BCUT2D eigenvalue weighted by Crippen LogP contribution is 2.29. The van der Waals surface area contributed by atoms with Crippen molar-refractivity contribution in [2.75, 3.05) is 26.3 Å². The van der Waals surface area contributed by atoms with Crippen molar-refractivity contribution in [3.63, 3.8) is 0 Å². The van der Waals surface area contributed by atoms with Crippen LogP contribution in [0.4, 0.5) is 0 Å². The number of fused-ring (bicyclic) bond motifs is 1. The molecule has 1 aliphatic heterocycles. The van der Waals surface area contributed by atoms with Crippen LogP contribution in [0.2, 0.25) is 0 Å². The molecule has 30 heavy (non-hydrogen) atoms. The predicted octanol–water partition coefficient (Wildman–Crippen LogP) is 2.89. The van der Waals surface area contributed by atoms with E-state index >= 15 is 0 Å². The fourth-order valence-corrected chi connectivity index (χ4v) is 4.07. The first-order valence-corrected chi connectivity index (χ1v) is 10.3. The molecule has 0 aliphatic carbocycles. The van der Waals surface area contributed by atoms with Crippen LogP contribution in [0.15, 0.2) is 66.9 Å². The Morgan fingerprint density at radius 1 is 0.967 bits per heavy atom. The summed E-state index contributed by atoms with van der Waals surface area (Å²) in [7, 11) is 0. The smallest absolute Gasteiger partial charge is 0.173 e. The number of morpholine rings is 1. The van der Waals surface area contributed by atoms with Gasteiger partial charge in [-0.15, -0.1) is 5.10 Å². The van der Waals surface area contributed by atoms with Gasteiger partial charge in [0.05, 0.1) is 24.8 Å². The number of ether oxygens (including phenoxy) is 1. The van der Waals surface area contributed by atoms with Gasteiger partial charge in [0.1, 0.15) is 0 Å². The maximum atomic E-state index is 5.60. The number of hydrogen-bond acceptors (Lipinski definition) is 6. The summed E-state index contributed by atoms with van der Waals surface area (Å²) < 4.78 is 7.54. The van der Waals surface area contributed by atoms with Crippen LogP contribution in [-0.2, 0) is 17.7 Å². The minimum atomic E-state index is -0.0238. The van der Waals surface area contributed by atoms with Gasteiger partial charge in [0.25, 0.3) is 0 Å². The van der Waals surface area contributed by atoms with E-state index in [9.17, 15) is 0 Å². The molecule has 0 amide bonds. The molecule has 3 heterocycles. The molecule has 1 saturated heterocycles. The summed E-state index contributed by atoms with van der Waals surface area (Å²) in [5, 5.41) is 13.9. The van der Waals surface area contributed by atoms with Crippen LogP contribution in [0.1, 0.15) is 23.0 Å². The van der Waals surface area contributed by atoms with E-state index in [-0.39, 0.29) is 6.04 Å².